The maximum Gasteiger partial charge on any atom is 0.101 e. The van der Waals surface area contributed by atoms with Crippen molar-refractivity contribution in [1.29, 1.82) is 21.0 Å². The number of hydrogen-bond donors (Lipinski definition) is 4. The molecule has 0 amide bonds. The first kappa shape index (κ1) is 25.1. The maximum absolute atomic E-state index is 8.61. The van der Waals surface area contributed by atoms with Gasteiger partial charge in [-0.1, -0.05) is 0 Å². The number of nitrogen functional groups attached to an aromatic ring is 2. The number of benzene rings is 2. The van der Waals surface area contributed by atoms with Gasteiger partial charge in [-0.05, 0) is 36.4 Å². The molecule has 0 radical (unpaired) electrons. The van der Waals surface area contributed by atoms with E-state index < -0.39 is 0 Å². The van der Waals surface area contributed by atoms with E-state index in [1.807, 2.05) is 24.3 Å². The Bertz CT molecular complexity index is 900. The molecule has 2 aromatic carbocycles. The average molecular weight is 478 g/mol. The van der Waals surface area contributed by atoms with E-state index in [1.54, 1.807) is 24.3 Å². The quantitative estimate of drug-likeness (QED) is 0.377. The summed E-state index contributed by atoms with van der Waals surface area (Å²) in [5, 5.41) is 34.2. The van der Waals surface area contributed by atoms with Crippen molar-refractivity contribution in [3.8, 4) is 24.3 Å². The Hall–Kier alpha value is -3.12. The fraction of sp³-hybridized carbons (Fsp3) is 0. The summed E-state index contributed by atoms with van der Waals surface area (Å²) in [5.41, 5.74) is 7.43. The molecular formula is C16H14Br2N8. The highest BCUT2D eigenvalue weighted by Crippen LogP contribution is 2.15. The Balaban J connectivity index is 0. The maximum atomic E-state index is 8.61. The van der Waals surface area contributed by atoms with Gasteiger partial charge >= 0.3 is 0 Å². The van der Waals surface area contributed by atoms with Crippen molar-refractivity contribution in [2.45, 2.75) is 0 Å². The average Bonchev–Trinajstić information content (AvgIpc) is 2.67. The molecule has 0 spiro atoms. The Morgan fingerprint density at radius 1 is 0.615 bits per heavy atom. The molecule has 0 aromatic heterocycles. The molecule has 0 aliphatic heterocycles. The molecule has 0 saturated heterocycles. The summed E-state index contributed by atoms with van der Waals surface area (Å²) in [5.74, 6) is 10.3. The second-order valence-corrected chi connectivity index (χ2v) is 4.26. The summed E-state index contributed by atoms with van der Waals surface area (Å²) < 4.78 is 0. The van der Waals surface area contributed by atoms with Crippen molar-refractivity contribution in [3.05, 3.63) is 58.7 Å². The Labute approximate surface area is 171 Å². The van der Waals surface area contributed by atoms with Gasteiger partial charge in [-0.2, -0.15) is 21.0 Å². The molecule has 0 heterocycles. The Morgan fingerprint density at radius 2 is 1.12 bits per heavy atom. The van der Waals surface area contributed by atoms with Crippen LogP contribution in [0.15, 0.2) is 36.4 Å². The third-order valence-corrected chi connectivity index (χ3v) is 2.85. The molecule has 0 unspecified atom stereocenters. The highest BCUT2D eigenvalue weighted by Gasteiger charge is 2.01. The zero-order chi connectivity index (χ0) is 17.9. The lowest BCUT2D eigenvalue weighted by Crippen LogP contribution is -2.08. The van der Waals surface area contributed by atoms with Crippen molar-refractivity contribution >= 4 is 45.3 Å². The number of anilines is 2. The smallest absolute Gasteiger partial charge is 0.101 e. The first-order chi connectivity index (χ1) is 11.6. The molecule has 8 nitrogen and oxygen atoms in total. The second kappa shape index (κ2) is 13.2. The molecule has 10 heteroatoms. The van der Waals surface area contributed by atoms with Gasteiger partial charge in [-0.15, -0.1) is 34.0 Å². The number of nitrogens with zero attached hydrogens (tertiary/aromatic N) is 4. The molecule has 6 N–H and O–H groups in total. The van der Waals surface area contributed by atoms with Crippen LogP contribution in [-0.4, -0.2) is 0 Å². The van der Waals surface area contributed by atoms with Gasteiger partial charge in [0.1, 0.15) is 12.1 Å². The van der Waals surface area contributed by atoms with E-state index in [0.29, 0.717) is 33.6 Å². The minimum absolute atomic E-state index is 0. The highest BCUT2D eigenvalue weighted by atomic mass is 79.9. The number of nitriles is 4. The van der Waals surface area contributed by atoms with Gasteiger partial charge in [0.15, 0.2) is 0 Å². The second-order valence-electron chi connectivity index (χ2n) is 4.26. The predicted molar refractivity (Wildman–Crippen MR) is 108 cm³/mol. The van der Waals surface area contributed by atoms with Crippen molar-refractivity contribution in [2.24, 2.45) is 11.7 Å². The van der Waals surface area contributed by atoms with Gasteiger partial charge < -0.3 is 10.9 Å². The Morgan fingerprint density at radius 3 is 1.58 bits per heavy atom. The van der Waals surface area contributed by atoms with Crippen LogP contribution in [0.1, 0.15) is 22.3 Å². The van der Waals surface area contributed by atoms with Gasteiger partial charge in [0, 0.05) is 0 Å². The Kier molecular flexibility index (Phi) is 12.8. The van der Waals surface area contributed by atoms with Crippen LogP contribution in [0, 0.1) is 45.3 Å². The van der Waals surface area contributed by atoms with Gasteiger partial charge in [0.2, 0.25) is 0 Å². The summed E-state index contributed by atoms with van der Waals surface area (Å²) >= 11 is 0. The molecule has 26 heavy (non-hydrogen) atoms. The monoisotopic (exact) mass is 476 g/mol. The zero-order valence-electron chi connectivity index (χ0n) is 13.2. The number of hydrogen-bond acceptors (Lipinski definition) is 8. The number of hydrazine groups is 2. The van der Waals surface area contributed by atoms with Crippen molar-refractivity contribution in [1.82, 2.24) is 0 Å². The third kappa shape index (κ3) is 6.78. The normalized spacial score (nSPS) is 7.62. The summed E-state index contributed by atoms with van der Waals surface area (Å²) in [4.78, 5) is 0. The number of nitrogens with one attached hydrogen (secondary N) is 2. The molecule has 0 atom stereocenters. The molecule has 132 valence electrons. The van der Waals surface area contributed by atoms with Crippen LogP contribution in [0.25, 0.3) is 0 Å². The van der Waals surface area contributed by atoms with Crippen LogP contribution in [0.2, 0.25) is 0 Å². The van der Waals surface area contributed by atoms with Gasteiger partial charge in [0.25, 0.3) is 0 Å². The molecule has 0 saturated carbocycles. The van der Waals surface area contributed by atoms with E-state index in [0.717, 1.165) is 0 Å². The fourth-order valence-corrected chi connectivity index (χ4v) is 1.66. The molecule has 2 aromatic rings. The summed E-state index contributed by atoms with van der Waals surface area (Å²) in [7, 11) is 0. The van der Waals surface area contributed by atoms with E-state index in [2.05, 4.69) is 10.9 Å². The van der Waals surface area contributed by atoms with E-state index in [1.165, 1.54) is 12.1 Å². The lowest BCUT2D eigenvalue weighted by atomic mass is 10.1. The van der Waals surface area contributed by atoms with E-state index in [4.69, 9.17) is 32.7 Å². The molecule has 2 rings (SSSR count). The van der Waals surface area contributed by atoms with Gasteiger partial charge in [-0.25, -0.2) is 0 Å². The van der Waals surface area contributed by atoms with Crippen LogP contribution in [0.5, 0.6) is 0 Å². The summed E-state index contributed by atoms with van der Waals surface area (Å²) in [6, 6.07) is 17.1. The standard InChI is InChI=1S/2C8H6N4.2BrH/c9-4-6-1-2-8(12-11)7(3-6)5-10;9-4-6-1-2-7(5-10)8(3-6)12-11;;/h2*1-3,12H,11H2;2*1H. The highest BCUT2D eigenvalue weighted by molar-refractivity contribution is 8.93. The number of nitrogens with two attached hydrogens (primary N) is 2. The summed E-state index contributed by atoms with van der Waals surface area (Å²) in [6.45, 7) is 0. The molecule has 0 bridgehead atoms. The van der Waals surface area contributed by atoms with E-state index >= 15 is 0 Å². The van der Waals surface area contributed by atoms with Gasteiger partial charge in [-0.3, -0.25) is 11.7 Å². The first-order valence-electron chi connectivity index (χ1n) is 6.45. The number of rotatable bonds is 2. The van der Waals surface area contributed by atoms with Crippen LogP contribution < -0.4 is 22.5 Å². The molecule has 0 fully saturated rings. The van der Waals surface area contributed by atoms with Crippen molar-refractivity contribution < 1.29 is 0 Å². The van der Waals surface area contributed by atoms with E-state index in [9.17, 15) is 0 Å². The third-order valence-electron chi connectivity index (χ3n) is 2.85. The van der Waals surface area contributed by atoms with Gasteiger partial charge in [0.05, 0.1) is 45.8 Å². The molecule has 0 aliphatic rings. The van der Waals surface area contributed by atoms with Crippen molar-refractivity contribution in [2.75, 3.05) is 10.9 Å². The van der Waals surface area contributed by atoms with Crippen LogP contribution >= 0.6 is 34.0 Å². The fourth-order valence-electron chi connectivity index (χ4n) is 1.66. The predicted octanol–water partition coefficient (Wildman–Crippen LogP) is 2.59. The van der Waals surface area contributed by atoms with E-state index in [-0.39, 0.29) is 34.0 Å². The number of halogens is 2. The van der Waals surface area contributed by atoms with Crippen LogP contribution in [0.3, 0.4) is 0 Å². The lowest BCUT2D eigenvalue weighted by molar-refractivity contribution is 1.33. The lowest BCUT2D eigenvalue weighted by Gasteiger charge is -2.01. The molecule has 0 aliphatic carbocycles. The van der Waals surface area contributed by atoms with Crippen LogP contribution in [0.4, 0.5) is 11.4 Å². The minimum atomic E-state index is 0. The first-order valence-corrected chi connectivity index (χ1v) is 6.45. The minimum Gasteiger partial charge on any atom is -0.323 e. The van der Waals surface area contributed by atoms with Crippen LogP contribution in [-0.2, 0) is 0 Å². The SMILES string of the molecule is Br.Br.N#Cc1ccc(C#N)c(NN)c1.N#Cc1ccc(NN)c(C#N)c1. The molecular weight excluding hydrogens is 464 g/mol. The zero-order valence-corrected chi connectivity index (χ0v) is 16.7. The largest absolute Gasteiger partial charge is 0.323 e. The van der Waals surface area contributed by atoms with Crippen molar-refractivity contribution in [3.63, 3.8) is 0 Å². The topological polar surface area (TPSA) is 171 Å². The summed E-state index contributed by atoms with van der Waals surface area (Å²) in [6.07, 6.45) is 0.